The lowest BCUT2D eigenvalue weighted by Crippen LogP contribution is -2.70. The highest BCUT2D eigenvalue weighted by molar-refractivity contribution is 8.00. The minimum Gasteiger partial charge on any atom is -0.477 e. The van der Waals surface area contributed by atoms with Gasteiger partial charge >= 0.3 is 24.2 Å². The quantitative estimate of drug-likeness (QED) is 0.310. The highest BCUT2D eigenvalue weighted by Crippen LogP contribution is 2.40. The number of thioether (sulfide) groups is 1. The maximum absolute atomic E-state index is 12.7. The Morgan fingerprint density at radius 2 is 1.77 bits per heavy atom. The van der Waals surface area contributed by atoms with E-state index in [9.17, 15) is 37.5 Å². The van der Waals surface area contributed by atoms with Crippen LogP contribution in [0.5, 0.6) is 0 Å². The Bertz CT molecular complexity index is 1110. The molecule has 3 amide bonds. The van der Waals surface area contributed by atoms with Gasteiger partial charge in [-0.05, 0) is 19.7 Å². The van der Waals surface area contributed by atoms with Crippen molar-refractivity contribution in [2.45, 2.75) is 24.0 Å². The van der Waals surface area contributed by atoms with Gasteiger partial charge in [-0.2, -0.15) is 13.2 Å². The molecule has 1 aromatic rings. The zero-order chi connectivity index (χ0) is 29.3. The number of benzene rings is 1. The molecule has 39 heavy (non-hydrogen) atoms. The number of likely N-dealkylation sites (N-methyl/N-ethyl adjacent to an activating group) is 1. The van der Waals surface area contributed by atoms with Crippen LogP contribution < -0.4 is 10.6 Å². The average Bonchev–Trinajstić information content (AvgIpc) is 2.85. The number of carbonyl (C=O) groups is 5. The van der Waals surface area contributed by atoms with Crippen LogP contribution in [0.3, 0.4) is 0 Å². The van der Waals surface area contributed by atoms with Gasteiger partial charge in [-0.1, -0.05) is 30.3 Å². The number of amides is 3. The van der Waals surface area contributed by atoms with Gasteiger partial charge in [0.15, 0.2) is 0 Å². The summed E-state index contributed by atoms with van der Waals surface area (Å²) in [6.45, 7) is 0.793. The number of carboxylic acid groups (broad SMARTS) is 2. The van der Waals surface area contributed by atoms with E-state index in [0.717, 1.165) is 10.5 Å². The summed E-state index contributed by atoms with van der Waals surface area (Å²) >= 11 is 1.33. The number of alkyl halides is 3. The molecule has 2 atom stereocenters. The van der Waals surface area contributed by atoms with Crippen LogP contribution in [0.2, 0.25) is 0 Å². The van der Waals surface area contributed by atoms with Crippen LogP contribution in [0, 0.1) is 0 Å². The Hall–Kier alpha value is -3.79. The summed E-state index contributed by atoms with van der Waals surface area (Å²) in [6.07, 6.45) is -5.61. The maximum Gasteiger partial charge on any atom is 0.490 e. The van der Waals surface area contributed by atoms with Crippen molar-refractivity contribution in [3.8, 4) is 0 Å². The smallest absolute Gasteiger partial charge is 0.477 e. The van der Waals surface area contributed by atoms with Crippen molar-refractivity contribution in [2.75, 3.05) is 39.5 Å². The molecule has 1 aromatic carbocycles. The number of carboxylic acids is 2. The first-order valence-corrected chi connectivity index (χ1v) is 12.4. The van der Waals surface area contributed by atoms with Gasteiger partial charge in [0, 0.05) is 24.4 Å². The predicted molar refractivity (Wildman–Crippen MR) is 131 cm³/mol. The molecule has 1 unspecified atom stereocenters. The minimum absolute atomic E-state index is 0.131. The van der Waals surface area contributed by atoms with E-state index in [-0.39, 0.29) is 30.4 Å². The molecule has 2 aliphatic rings. The lowest BCUT2D eigenvalue weighted by Gasteiger charge is -2.49. The fraction of sp³-hybridized carbons (Fsp3) is 0.435. The molecular weight excluding hydrogens is 549 g/mol. The van der Waals surface area contributed by atoms with Gasteiger partial charge in [0.05, 0.1) is 6.42 Å². The first kappa shape index (κ1) is 31.4. The van der Waals surface area contributed by atoms with E-state index < -0.39 is 41.5 Å². The summed E-state index contributed by atoms with van der Waals surface area (Å²) in [4.78, 5) is 60.6. The molecule has 0 aliphatic carbocycles. The number of aliphatic carboxylic acids is 2. The number of halogens is 3. The van der Waals surface area contributed by atoms with Crippen LogP contribution in [0.4, 0.5) is 18.0 Å². The number of fused-ring (bicyclic) bond motifs is 1. The van der Waals surface area contributed by atoms with Crippen LogP contribution in [-0.4, -0.2) is 107 Å². The number of β-lactam (4-membered cyclic amide) rings is 1. The number of carbonyl (C=O) groups excluding carboxylic acids is 3. The summed E-state index contributed by atoms with van der Waals surface area (Å²) in [7, 11) is 3.74. The monoisotopic (exact) mass is 576 g/mol. The number of nitrogens with zero attached hydrogens (tertiary/aromatic N) is 2. The van der Waals surface area contributed by atoms with Crippen molar-refractivity contribution in [3.05, 3.63) is 47.2 Å². The van der Waals surface area contributed by atoms with Crippen LogP contribution in [0.15, 0.2) is 41.6 Å². The van der Waals surface area contributed by atoms with Crippen LogP contribution in [0.1, 0.15) is 5.56 Å². The molecule has 0 saturated carbocycles. The fourth-order valence-corrected chi connectivity index (χ4v) is 4.71. The standard InChI is InChI=1S/C21H26N4O6S.C2HF3O2/c1-24(2)9-8-22-21(30)31-11-14-12-32-19-16(18(27)25(19)17(14)20(28)29)23-15(26)10-13-6-4-3-5-7-13;3-2(4,5)1(6)7/h3-7,16,19H,8-12H2,1-2H3,(H,22,30)(H,23,26)(H,28,29);(H,6,7)/t16?,19-;/m0./s1. The van der Waals surface area contributed by atoms with E-state index >= 15 is 0 Å². The van der Waals surface area contributed by atoms with Crippen molar-refractivity contribution in [3.63, 3.8) is 0 Å². The van der Waals surface area contributed by atoms with E-state index in [1.807, 2.05) is 49.3 Å². The second kappa shape index (κ2) is 13.8. The van der Waals surface area contributed by atoms with Crippen molar-refractivity contribution in [2.24, 2.45) is 0 Å². The molecule has 4 N–H and O–H groups in total. The van der Waals surface area contributed by atoms with Gasteiger partial charge in [-0.25, -0.2) is 14.4 Å². The molecule has 1 fully saturated rings. The molecule has 3 rings (SSSR count). The van der Waals surface area contributed by atoms with E-state index in [4.69, 9.17) is 14.6 Å². The Morgan fingerprint density at radius 3 is 2.31 bits per heavy atom. The molecule has 2 heterocycles. The van der Waals surface area contributed by atoms with E-state index in [2.05, 4.69) is 10.6 Å². The van der Waals surface area contributed by atoms with E-state index in [1.54, 1.807) is 0 Å². The van der Waals surface area contributed by atoms with Crippen molar-refractivity contribution in [1.82, 2.24) is 20.4 Å². The highest BCUT2D eigenvalue weighted by Gasteiger charge is 2.54. The Labute approximate surface area is 225 Å². The first-order chi connectivity index (χ1) is 18.2. The molecule has 0 spiro atoms. The first-order valence-electron chi connectivity index (χ1n) is 11.3. The summed E-state index contributed by atoms with van der Waals surface area (Å²) in [6, 6.07) is 8.35. The molecule has 0 bridgehead atoms. The fourth-order valence-electron chi connectivity index (χ4n) is 3.39. The molecular formula is C23H27F3N4O8S. The number of rotatable bonds is 9. The third-order valence-electron chi connectivity index (χ3n) is 5.22. The zero-order valence-electron chi connectivity index (χ0n) is 20.9. The van der Waals surface area contributed by atoms with Crippen molar-refractivity contribution >= 4 is 41.6 Å². The second-order valence-electron chi connectivity index (χ2n) is 8.48. The molecule has 16 heteroatoms. The Kier molecular flexibility index (Phi) is 11.2. The molecule has 0 radical (unpaired) electrons. The zero-order valence-corrected chi connectivity index (χ0v) is 21.7. The predicted octanol–water partition coefficient (Wildman–Crippen LogP) is 0.889. The summed E-state index contributed by atoms with van der Waals surface area (Å²) in [5, 5.41) is 21.6. The highest BCUT2D eigenvalue weighted by atomic mass is 32.2. The number of alkyl carbamates (subject to hydrolysis) is 1. The molecule has 1 saturated heterocycles. The van der Waals surface area contributed by atoms with Crippen molar-refractivity contribution < 1.29 is 52.1 Å². The lowest BCUT2D eigenvalue weighted by molar-refractivity contribution is -0.192. The molecule has 0 aromatic heterocycles. The second-order valence-corrected chi connectivity index (χ2v) is 9.59. The van der Waals surface area contributed by atoms with Crippen LogP contribution >= 0.6 is 11.8 Å². The Morgan fingerprint density at radius 1 is 1.15 bits per heavy atom. The van der Waals surface area contributed by atoms with E-state index in [0.29, 0.717) is 18.7 Å². The molecule has 214 valence electrons. The minimum atomic E-state index is -5.08. The van der Waals surface area contributed by atoms with Gasteiger partial charge in [-0.15, -0.1) is 11.8 Å². The van der Waals surface area contributed by atoms with Crippen LogP contribution in [-0.2, 0) is 30.3 Å². The van der Waals surface area contributed by atoms with Gasteiger partial charge < -0.3 is 30.5 Å². The number of hydrogen-bond acceptors (Lipinski definition) is 8. The van der Waals surface area contributed by atoms with Gasteiger partial charge in [0.2, 0.25) is 5.91 Å². The summed E-state index contributed by atoms with van der Waals surface area (Å²) in [5.41, 5.74) is 0.969. The van der Waals surface area contributed by atoms with Gasteiger partial charge in [0.1, 0.15) is 23.7 Å². The third kappa shape index (κ3) is 9.17. The maximum atomic E-state index is 12.7. The third-order valence-corrected chi connectivity index (χ3v) is 6.56. The van der Waals surface area contributed by atoms with Crippen molar-refractivity contribution in [1.29, 1.82) is 0 Å². The SMILES string of the molecule is CN(C)CCNC(=O)OCC1=C(C(=O)O)N2C(=O)C(NC(=O)Cc3ccccc3)[C@@H]2SC1.O=C(O)C(F)(F)F. The topological polar surface area (TPSA) is 166 Å². The summed E-state index contributed by atoms with van der Waals surface area (Å²) < 4.78 is 36.9. The lowest BCUT2D eigenvalue weighted by atomic mass is 10.0. The summed E-state index contributed by atoms with van der Waals surface area (Å²) in [5.74, 6) is -4.56. The number of ether oxygens (including phenoxy) is 1. The normalized spacial score (nSPS) is 18.3. The Balaban J connectivity index is 0.000000673. The number of hydrogen-bond donors (Lipinski definition) is 4. The van der Waals surface area contributed by atoms with Gasteiger partial charge in [-0.3, -0.25) is 14.5 Å². The molecule has 2 aliphatic heterocycles. The number of nitrogens with one attached hydrogen (secondary N) is 2. The van der Waals surface area contributed by atoms with Crippen LogP contribution in [0.25, 0.3) is 0 Å². The van der Waals surface area contributed by atoms with E-state index in [1.165, 1.54) is 11.8 Å². The average molecular weight is 577 g/mol. The molecule has 12 nitrogen and oxygen atoms in total. The largest absolute Gasteiger partial charge is 0.490 e. The van der Waals surface area contributed by atoms with Gasteiger partial charge in [0.25, 0.3) is 5.91 Å².